The summed E-state index contributed by atoms with van der Waals surface area (Å²) in [7, 11) is -4.75. The zero-order valence-electron chi connectivity index (χ0n) is 17.1. The number of fused-ring (bicyclic) bond motifs is 2. The Balaban J connectivity index is 1.25. The highest BCUT2D eigenvalue weighted by Gasteiger charge is 2.49. The zero-order chi connectivity index (χ0) is 21.1. The summed E-state index contributed by atoms with van der Waals surface area (Å²) in [6.07, 6.45) is 13.4. The van der Waals surface area contributed by atoms with Crippen LogP contribution in [0.2, 0.25) is 0 Å². The average molecular weight is 443 g/mol. The van der Waals surface area contributed by atoms with E-state index in [9.17, 15) is 13.2 Å². The highest BCUT2D eigenvalue weighted by atomic mass is 32.3. The number of piperidine rings is 1. The van der Waals surface area contributed by atoms with Gasteiger partial charge in [-0.2, -0.15) is 13.5 Å². The summed E-state index contributed by atoms with van der Waals surface area (Å²) in [5.41, 5.74) is 0. The predicted octanol–water partition coefficient (Wildman–Crippen LogP) is 3.43. The van der Waals surface area contributed by atoms with Gasteiger partial charge < -0.3 is 9.32 Å². The van der Waals surface area contributed by atoms with Gasteiger partial charge in [0.25, 0.3) is 0 Å². The number of hydrogen-bond acceptors (Lipinski definition) is 7. The first-order valence-electron chi connectivity index (χ1n) is 11.0. The van der Waals surface area contributed by atoms with Crippen LogP contribution in [0.15, 0.2) is 4.42 Å². The van der Waals surface area contributed by atoms with E-state index in [-0.39, 0.29) is 6.54 Å². The Morgan fingerprint density at radius 3 is 2.63 bits per heavy atom. The van der Waals surface area contributed by atoms with Crippen LogP contribution in [0.4, 0.5) is 4.79 Å². The molecule has 3 fully saturated rings. The second kappa shape index (κ2) is 9.19. The summed E-state index contributed by atoms with van der Waals surface area (Å²) in [5.74, 6) is 1.85. The first-order chi connectivity index (χ1) is 14.4. The third-order valence-electron chi connectivity index (χ3n) is 6.49. The van der Waals surface area contributed by atoms with Crippen LogP contribution < -0.4 is 0 Å². The summed E-state index contributed by atoms with van der Waals surface area (Å²) in [4.78, 5) is 14.0. The van der Waals surface area contributed by atoms with Gasteiger partial charge in [-0.1, -0.05) is 51.4 Å². The summed E-state index contributed by atoms with van der Waals surface area (Å²) >= 11 is 0. The molecule has 11 heteroatoms. The molecule has 30 heavy (non-hydrogen) atoms. The number of hydrogen-bond donors (Lipinski definition) is 1. The largest absolute Gasteiger partial charge is 0.423 e. The van der Waals surface area contributed by atoms with Crippen molar-refractivity contribution >= 4 is 16.4 Å². The van der Waals surface area contributed by atoms with E-state index in [2.05, 4.69) is 14.5 Å². The number of urea groups is 1. The minimum Gasteiger partial charge on any atom is -0.423 e. The fraction of sp³-hybridized carbons (Fsp3) is 0.842. The quantitative estimate of drug-likeness (QED) is 0.455. The smallest absolute Gasteiger partial charge is 0.418 e. The first-order valence-corrected chi connectivity index (χ1v) is 12.4. The molecule has 2 aliphatic heterocycles. The van der Waals surface area contributed by atoms with Gasteiger partial charge in [-0.25, -0.2) is 4.79 Å². The van der Waals surface area contributed by atoms with Gasteiger partial charge in [-0.15, -0.1) is 14.5 Å². The van der Waals surface area contributed by atoms with Gasteiger partial charge in [0.1, 0.15) is 6.04 Å². The second-order valence-electron chi connectivity index (χ2n) is 8.65. The molecule has 1 aliphatic carbocycles. The molecule has 1 saturated carbocycles. The van der Waals surface area contributed by atoms with E-state index in [4.69, 9.17) is 8.97 Å². The summed E-state index contributed by atoms with van der Waals surface area (Å²) < 4.78 is 41.1. The van der Waals surface area contributed by atoms with Crippen molar-refractivity contribution in [3.63, 3.8) is 0 Å². The number of unbranched alkanes of at least 4 members (excludes halogenated alkanes) is 2. The number of nitrogens with zero attached hydrogens (tertiary/aromatic N) is 4. The molecule has 4 rings (SSSR count). The van der Waals surface area contributed by atoms with Crippen molar-refractivity contribution in [2.75, 3.05) is 6.54 Å². The summed E-state index contributed by atoms with van der Waals surface area (Å²) in [6.45, 7) is 0.290. The molecule has 0 aromatic carbocycles. The standard InChI is InChI=1S/C19H30N4O6S/c24-19-22-13-15(23(19)29-30(25,26)27)11-12-16(22)18-21-20-17(28-18)10-6-2-5-9-14-7-3-1-4-8-14/h14-16H,1-13H2,(H,25,26,27). The molecule has 2 bridgehead atoms. The van der Waals surface area contributed by atoms with E-state index in [1.165, 1.54) is 49.8 Å². The molecule has 10 nitrogen and oxygen atoms in total. The molecular weight excluding hydrogens is 412 g/mol. The molecule has 3 aliphatic rings. The lowest BCUT2D eigenvalue weighted by atomic mass is 9.85. The van der Waals surface area contributed by atoms with Crippen LogP contribution in [-0.4, -0.2) is 51.7 Å². The Bertz CT molecular complexity index is 838. The average Bonchev–Trinajstić information content (AvgIpc) is 3.27. The van der Waals surface area contributed by atoms with Gasteiger partial charge in [-0.3, -0.25) is 4.55 Å². The Morgan fingerprint density at radius 2 is 1.87 bits per heavy atom. The van der Waals surface area contributed by atoms with Crippen LogP contribution in [0.1, 0.15) is 88.5 Å². The van der Waals surface area contributed by atoms with Crippen molar-refractivity contribution in [3.05, 3.63) is 11.8 Å². The highest BCUT2D eigenvalue weighted by Crippen LogP contribution is 2.38. The number of amides is 2. The maximum atomic E-state index is 12.5. The molecule has 2 unspecified atom stereocenters. The number of carbonyl (C=O) groups is 1. The van der Waals surface area contributed by atoms with Crippen molar-refractivity contribution < 1.29 is 26.5 Å². The van der Waals surface area contributed by atoms with Crippen molar-refractivity contribution in [2.45, 2.75) is 89.1 Å². The molecule has 1 N–H and O–H groups in total. The van der Waals surface area contributed by atoms with E-state index < -0.39 is 28.5 Å². The minimum atomic E-state index is -4.75. The molecule has 1 aromatic rings. The number of rotatable bonds is 9. The molecule has 0 radical (unpaired) electrons. The van der Waals surface area contributed by atoms with Gasteiger partial charge in [0.05, 0.1) is 6.04 Å². The van der Waals surface area contributed by atoms with Crippen LogP contribution in [-0.2, 0) is 21.1 Å². The number of aromatic nitrogens is 2. The molecule has 168 valence electrons. The maximum Gasteiger partial charge on any atom is 0.418 e. The normalized spacial score (nSPS) is 25.3. The predicted molar refractivity (Wildman–Crippen MR) is 105 cm³/mol. The zero-order valence-corrected chi connectivity index (χ0v) is 17.9. The Kier molecular flexibility index (Phi) is 6.59. The summed E-state index contributed by atoms with van der Waals surface area (Å²) in [6, 6.07) is -1.46. The minimum absolute atomic E-state index is 0.290. The van der Waals surface area contributed by atoms with Crippen LogP contribution in [0.3, 0.4) is 0 Å². The Hall–Kier alpha value is -1.72. The maximum absolute atomic E-state index is 12.5. The van der Waals surface area contributed by atoms with Crippen LogP contribution in [0.5, 0.6) is 0 Å². The van der Waals surface area contributed by atoms with Gasteiger partial charge in [-0.05, 0) is 25.2 Å². The van der Waals surface area contributed by atoms with Crippen molar-refractivity contribution in [2.24, 2.45) is 5.92 Å². The number of carbonyl (C=O) groups excluding carboxylic acids is 1. The Labute approximate surface area is 176 Å². The van der Waals surface area contributed by atoms with E-state index in [1.54, 1.807) is 0 Å². The topological polar surface area (TPSA) is 126 Å². The molecule has 0 spiro atoms. The fourth-order valence-corrected chi connectivity index (χ4v) is 5.34. The number of aryl methyl sites for hydroxylation is 1. The van der Waals surface area contributed by atoms with E-state index >= 15 is 0 Å². The van der Waals surface area contributed by atoms with Gasteiger partial charge >= 0.3 is 16.4 Å². The van der Waals surface area contributed by atoms with Crippen molar-refractivity contribution in [1.82, 2.24) is 20.2 Å². The van der Waals surface area contributed by atoms with Crippen LogP contribution in [0.25, 0.3) is 0 Å². The van der Waals surface area contributed by atoms with E-state index in [0.29, 0.717) is 24.6 Å². The first kappa shape index (κ1) is 21.5. The lowest BCUT2D eigenvalue weighted by Crippen LogP contribution is -2.35. The molecule has 2 atom stereocenters. The fourth-order valence-electron chi connectivity index (χ4n) is 4.95. The Morgan fingerprint density at radius 1 is 1.07 bits per heavy atom. The van der Waals surface area contributed by atoms with Gasteiger partial charge in [0, 0.05) is 13.0 Å². The third kappa shape index (κ3) is 5.12. The third-order valence-corrected chi connectivity index (χ3v) is 6.84. The lowest BCUT2D eigenvalue weighted by Gasteiger charge is -2.27. The SMILES string of the molecule is O=C1N2CC(CCC2c2nnc(CCCCCC3CCCCC3)o2)N1OS(=O)(=O)O. The van der Waals surface area contributed by atoms with Gasteiger partial charge in [0.2, 0.25) is 11.8 Å². The monoisotopic (exact) mass is 442 g/mol. The van der Waals surface area contributed by atoms with Crippen molar-refractivity contribution in [3.8, 4) is 0 Å². The number of hydroxylamine groups is 2. The molecular formula is C19H30N4O6S. The lowest BCUT2D eigenvalue weighted by molar-refractivity contribution is -0.0317. The molecule has 1 aromatic heterocycles. The van der Waals surface area contributed by atoms with Crippen LogP contribution >= 0.6 is 0 Å². The molecule has 3 heterocycles. The van der Waals surface area contributed by atoms with Gasteiger partial charge in [0.15, 0.2) is 0 Å². The highest BCUT2D eigenvalue weighted by molar-refractivity contribution is 7.80. The van der Waals surface area contributed by atoms with E-state index in [0.717, 1.165) is 30.2 Å². The summed E-state index contributed by atoms with van der Waals surface area (Å²) in [5, 5.41) is 8.98. The molecule has 2 amide bonds. The van der Waals surface area contributed by atoms with E-state index in [1.807, 2.05) is 0 Å². The second-order valence-corrected chi connectivity index (χ2v) is 9.65. The molecule has 2 saturated heterocycles. The van der Waals surface area contributed by atoms with Crippen molar-refractivity contribution in [1.29, 1.82) is 0 Å². The van der Waals surface area contributed by atoms with Crippen LogP contribution in [0, 0.1) is 5.92 Å².